The third kappa shape index (κ3) is 3.20. The molecule has 1 aromatic carbocycles. The summed E-state index contributed by atoms with van der Waals surface area (Å²) in [5.41, 5.74) is 4.82. The van der Waals surface area contributed by atoms with Crippen molar-refractivity contribution < 1.29 is 23.1 Å². The van der Waals surface area contributed by atoms with Gasteiger partial charge >= 0.3 is 12.1 Å². The summed E-state index contributed by atoms with van der Waals surface area (Å²) in [6, 6.07) is 3.31. The molecule has 0 aromatic heterocycles. The molecule has 6 heteroatoms. The number of hydrogen-bond acceptors (Lipinski definition) is 2. The fourth-order valence-electron chi connectivity index (χ4n) is 1.42. The first-order valence-electron chi connectivity index (χ1n) is 4.89. The van der Waals surface area contributed by atoms with Crippen molar-refractivity contribution in [1.29, 1.82) is 0 Å². The number of halogens is 3. The van der Waals surface area contributed by atoms with Crippen LogP contribution in [-0.2, 0) is 11.0 Å². The first kappa shape index (κ1) is 13.5. The molecule has 17 heavy (non-hydrogen) atoms. The predicted octanol–water partition coefficient (Wildman–Crippen LogP) is 2.22. The Morgan fingerprint density at radius 1 is 1.41 bits per heavy atom. The zero-order valence-corrected chi connectivity index (χ0v) is 9.03. The average molecular weight is 247 g/mol. The molecular formula is C11H12F3NO2. The number of hydrogen-bond donors (Lipinski definition) is 2. The van der Waals surface area contributed by atoms with Crippen molar-refractivity contribution in [2.45, 2.75) is 25.1 Å². The van der Waals surface area contributed by atoms with E-state index in [1.807, 2.05) is 0 Å². The van der Waals surface area contributed by atoms with Gasteiger partial charge in [-0.2, -0.15) is 13.2 Å². The lowest BCUT2D eigenvalue weighted by atomic mass is 9.92. The zero-order chi connectivity index (χ0) is 13.2. The topological polar surface area (TPSA) is 63.3 Å². The molecule has 3 nitrogen and oxygen atoms in total. The smallest absolute Gasteiger partial charge is 0.416 e. The van der Waals surface area contributed by atoms with E-state index in [2.05, 4.69) is 0 Å². The first-order chi connectivity index (χ1) is 7.73. The average Bonchev–Trinajstić information content (AvgIpc) is 2.26. The fourth-order valence-corrected chi connectivity index (χ4v) is 1.42. The van der Waals surface area contributed by atoms with Gasteiger partial charge in [-0.3, -0.25) is 4.79 Å². The normalized spacial score (nSPS) is 15.4. The number of benzene rings is 1. The number of aliphatic carboxylic acids is 1. The van der Waals surface area contributed by atoms with Crippen LogP contribution in [0.2, 0.25) is 0 Å². The van der Waals surface area contributed by atoms with Crippen LogP contribution in [0.25, 0.3) is 0 Å². The lowest BCUT2D eigenvalue weighted by Crippen LogP contribution is -2.35. The molecule has 0 amide bonds. The number of carbonyl (C=O) groups is 1. The zero-order valence-electron chi connectivity index (χ0n) is 9.03. The Hall–Kier alpha value is -1.56. The molecule has 0 saturated carbocycles. The Balaban J connectivity index is 3.04. The predicted molar refractivity (Wildman–Crippen MR) is 55.5 cm³/mol. The molecule has 94 valence electrons. The molecule has 1 rings (SSSR count). The van der Waals surface area contributed by atoms with Gasteiger partial charge in [0.2, 0.25) is 0 Å². The maximum atomic E-state index is 12.4. The second-order valence-corrected chi connectivity index (χ2v) is 3.78. The minimum atomic E-state index is -4.44. The monoisotopic (exact) mass is 247 g/mol. The molecule has 0 heterocycles. The third-order valence-corrected chi connectivity index (χ3v) is 2.56. The number of carboxylic acids is 1. The van der Waals surface area contributed by atoms with Crippen LogP contribution in [0.4, 0.5) is 13.2 Å². The largest absolute Gasteiger partial charge is 0.480 e. The molecule has 2 atom stereocenters. The van der Waals surface area contributed by atoms with Crippen LogP contribution in [0, 0.1) is 0 Å². The van der Waals surface area contributed by atoms with E-state index >= 15 is 0 Å². The van der Waals surface area contributed by atoms with Gasteiger partial charge in [-0.05, 0) is 11.6 Å². The van der Waals surface area contributed by atoms with Crippen molar-refractivity contribution in [1.82, 2.24) is 0 Å². The van der Waals surface area contributed by atoms with Gasteiger partial charge in [0, 0.05) is 5.92 Å². The Labute approximate surface area is 96.0 Å². The summed E-state index contributed by atoms with van der Waals surface area (Å²) in [6.07, 6.45) is -4.44. The maximum Gasteiger partial charge on any atom is 0.416 e. The number of alkyl halides is 3. The Kier molecular flexibility index (Phi) is 3.77. The van der Waals surface area contributed by atoms with E-state index < -0.39 is 29.7 Å². The van der Waals surface area contributed by atoms with Gasteiger partial charge in [0.1, 0.15) is 6.04 Å². The second-order valence-electron chi connectivity index (χ2n) is 3.78. The summed E-state index contributed by atoms with van der Waals surface area (Å²) in [4.78, 5) is 10.6. The molecule has 3 N–H and O–H groups in total. The van der Waals surface area contributed by atoms with Gasteiger partial charge < -0.3 is 10.8 Å². The van der Waals surface area contributed by atoms with Crippen molar-refractivity contribution in [2.24, 2.45) is 5.73 Å². The van der Waals surface area contributed by atoms with E-state index in [4.69, 9.17) is 10.8 Å². The van der Waals surface area contributed by atoms with E-state index in [0.29, 0.717) is 0 Å². The minimum Gasteiger partial charge on any atom is -0.480 e. The number of rotatable bonds is 3. The number of carboxylic acid groups (broad SMARTS) is 1. The summed E-state index contributed by atoms with van der Waals surface area (Å²) in [5, 5.41) is 8.70. The third-order valence-electron chi connectivity index (χ3n) is 2.56. The summed E-state index contributed by atoms with van der Waals surface area (Å²) in [6.45, 7) is 1.48. The van der Waals surface area contributed by atoms with Crippen LogP contribution in [0.3, 0.4) is 0 Å². The maximum absolute atomic E-state index is 12.4. The molecular weight excluding hydrogens is 235 g/mol. The Morgan fingerprint density at radius 2 is 2.00 bits per heavy atom. The molecule has 0 spiro atoms. The van der Waals surface area contributed by atoms with Crippen LogP contribution in [0.1, 0.15) is 24.0 Å². The van der Waals surface area contributed by atoms with Crippen LogP contribution in [-0.4, -0.2) is 17.1 Å². The highest BCUT2D eigenvalue weighted by Gasteiger charge is 2.31. The van der Waals surface area contributed by atoms with Crippen molar-refractivity contribution in [2.75, 3.05) is 0 Å². The van der Waals surface area contributed by atoms with Crippen molar-refractivity contribution in [3.63, 3.8) is 0 Å². The van der Waals surface area contributed by atoms with Crippen LogP contribution < -0.4 is 5.73 Å². The van der Waals surface area contributed by atoms with Gasteiger partial charge in [-0.1, -0.05) is 25.1 Å². The van der Waals surface area contributed by atoms with Gasteiger partial charge in [0.25, 0.3) is 0 Å². The van der Waals surface area contributed by atoms with Crippen molar-refractivity contribution >= 4 is 5.97 Å². The SMILES string of the molecule is C[C@H](c1cccc(C(F)(F)F)c1)[C@H](N)C(=O)O. The molecule has 0 aliphatic heterocycles. The van der Waals surface area contributed by atoms with E-state index in [-0.39, 0.29) is 5.56 Å². The molecule has 0 aliphatic rings. The molecule has 0 aliphatic carbocycles. The van der Waals surface area contributed by atoms with E-state index in [0.717, 1.165) is 12.1 Å². The Morgan fingerprint density at radius 3 is 2.47 bits per heavy atom. The molecule has 0 fully saturated rings. The quantitative estimate of drug-likeness (QED) is 0.860. The molecule has 0 unspecified atom stereocenters. The van der Waals surface area contributed by atoms with Gasteiger partial charge in [0.05, 0.1) is 5.56 Å². The fraction of sp³-hybridized carbons (Fsp3) is 0.364. The van der Waals surface area contributed by atoms with E-state index in [9.17, 15) is 18.0 Å². The van der Waals surface area contributed by atoms with Gasteiger partial charge in [-0.15, -0.1) is 0 Å². The summed E-state index contributed by atoms with van der Waals surface area (Å²) >= 11 is 0. The van der Waals surface area contributed by atoms with Crippen LogP contribution in [0.5, 0.6) is 0 Å². The minimum absolute atomic E-state index is 0.259. The van der Waals surface area contributed by atoms with E-state index in [1.165, 1.54) is 19.1 Å². The van der Waals surface area contributed by atoms with E-state index in [1.54, 1.807) is 0 Å². The highest BCUT2D eigenvalue weighted by molar-refractivity contribution is 5.74. The molecule has 0 radical (unpaired) electrons. The summed E-state index contributed by atoms with van der Waals surface area (Å²) in [5.74, 6) is -1.93. The molecule has 0 saturated heterocycles. The second kappa shape index (κ2) is 4.75. The van der Waals surface area contributed by atoms with Crippen molar-refractivity contribution in [3.8, 4) is 0 Å². The highest BCUT2D eigenvalue weighted by atomic mass is 19.4. The van der Waals surface area contributed by atoms with Gasteiger partial charge in [-0.25, -0.2) is 0 Å². The van der Waals surface area contributed by atoms with Crippen LogP contribution >= 0.6 is 0 Å². The molecule has 1 aromatic rings. The first-order valence-corrected chi connectivity index (χ1v) is 4.89. The molecule has 0 bridgehead atoms. The Bertz CT molecular complexity index is 417. The lowest BCUT2D eigenvalue weighted by molar-refractivity contribution is -0.139. The standard InChI is InChI=1S/C11H12F3NO2/c1-6(9(15)10(16)17)7-3-2-4-8(5-7)11(12,13)14/h2-6,9H,15H2,1H3,(H,16,17)/t6-,9+/m1/s1. The highest BCUT2D eigenvalue weighted by Crippen LogP contribution is 2.31. The van der Waals surface area contributed by atoms with Gasteiger partial charge in [0.15, 0.2) is 0 Å². The lowest BCUT2D eigenvalue weighted by Gasteiger charge is -2.17. The summed E-state index contributed by atoms with van der Waals surface area (Å²) in [7, 11) is 0. The van der Waals surface area contributed by atoms with Crippen LogP contribution in [0.15, 0.2) is 24.3 Å². The summed E-state index contributed by atoms with van der Waals surface area (Å²) < 4.78 is 37.3. The number of nitrogens with two attached hydrogens (primary N) is 1. The van der Waals surface area contributed by atoms with Crippen molar-refractivity contribution in [3.05, 3.63) is 35.4 Å².